The van der Waals surface area contributed by atoms with Crippen LogP contribution in [0.25, 0.3) is 0 Å². The maximum Gasteiger partial charge on any atom is 0.271 e. The molecule has 0 bridgehead atoms. The maximum atomic E-state index is 13.0. The predicted molar refractivity (Wildman–Crippen MR) is 110 cm³/mol. The third kappa shape index (κ3) is 3.91. The minimum atomic E-state index is -0.526. The van der Waals surface area contributed by atoms with E-state index in [0.717, 1.165) is 43.2 Å². The molecule has 3 rings (SSSR count). The molecule has 6 heteroatoms. The highest BCUT2D eigenvalue weighted by atomic mass is 16.5. The minimum Gasteiger partial charge on any atom is -0.494 e. The highest BCUT2D eigenvalue weighted by Gasteiger charge is 2.28. The smallest absolute Gasteiger partial charge is 0.271 e. The molecule has 1 aliphatic rings. The van der Waals surface area contributed by atoms with Gasteiger partial charge in [-0.25, -0.2) is 0 Å². The summed E-state index contributed by atoms with van der Waals surface area (Å²) in [6.45, 7) is 5.03. The van der Waals surface area contributed by atoms with Crippen molar-refractivity contribution < 1.29 is 14.6 Å². The Hall–Kier alpha value is -3.07. The van der Waals surface area contributed by atoms with Crippen molar-refractivity contribution >= 4 is 5.78 Å². The van der Waals surface area contributed by atoms with Crippen LogP contribution in [0.3, 0.4) is 0 Å². The molecule has 1 fully saturated rings. The van der Waals surface area contributed by atoms with Gasteiger partial charge in [0.05, 0.1) is 5.56 Å². The monoisotopic (exact) mass is 394 g/mol. The first-order chi connectivity index (χ1) is 13.9. The predicted octanol–water partition coefficient (Wildman–Crippen LogP) is 4.12. The first-order valence-corrected chi connectivity index (χ1v) is 9.97. The summed E-state index contributed by atoms with van der Waals surface area (Å²) in [7, 11) is 0. The lowest BCUT2D eigenvalue weighted by molar-refractivity contribution is 0.0914. The van der Waals surface area contributed by atoms with E-state index in [9.17, 15) is 20.0 Å². The minimum absolute atomic E-state index is 0.00189. The molecule has 0 aliphatic heterocycles. The number of carbonyl (C=O) groups is 1. The van der Waals surface area contributed by atoms with Gasteiger partial charge in [-0.1, -0.05) is 37.5 Å². The maximum absolute atomic E-state index is 13.0. The van der Waals surface area contributed by atoms with Gasteiger partial charge in [-0.05, 0) is 50.3 Å². The Morgan fingerprint density at radius 1 is 1.21 bits per heavy atom. The van der Waals surface area contributed by atoms with Gasteiger partial charge in [0.2, 0.25) is 11.7 Å². The number of pyridine rings is 1. The largest absolute Gasteiger partial charge is 0.494 e. The average Bonchev–Trinajstić information content (AvgIpc) is 2.68. The SMILES string of the molecule is Cc1cccc(C)c1OCC(=O)c1c(C)c(C#N)c(=O)n(C2CCCCC2)c1O. The van der Waals surface area contributed by atoms with Crippen LogP contribution in [-0.4, -0.2) is 22.1 Å². The topological polar surface area (TPSA) is 92.3 Å². The van der Waals surface area contributed by atoms with Crippen LogP contribution in [0.2, 0.25) is 0 Å². The van der Waals surface area contributed by atoms with Gasteiger partial charge < -0.3 is 9.84 Å². The van der Waals surface area contributed by atoms with Crippen molar-refractivity contribution in [3.8, 4) is 17.7 Å². The lowest BCUT2D eigenvalue weighted by Crippen LogP contribution is -2.31. The number of benzene rings is 1. The Morgan fingerprint density at radius 2 is 1.83 bits per heavy atom. The van der Waals surface area contributed by atoms with Crippen LogP contribution in [0.1, 0.15) is 70.8 Å². The summed E-state index contributed by atoms with van der Waals surface area (Å²) in [6.07, 6.45) is 4.47. The molecule has 0 spiro atoms. The number of aromatic hydroxyl groups is 1. The van der Waals surface area contributed by atoms with E-state index < -0.39 is 11.3 Å². The lowest BCUT2D eigenvalue weighted by atomic mass is 9.93. The van der Waals surface area contributed by atoms with Crippen LogP contribution in [-0.2, 0) is 0 Å². The van der Waals surface area contributed by atoms with E-state index in [1.54, 1.807) is 0 Å². The summed E-state index contributed by atoms with van der Waals surface area (Å²) in [6, 6.07) is 7.42. The molecular formula is C23H26N2O4. The van der Waals surface area contributed by atoms with Gasteiger partial charge in [0.1, 0.15) is 17.4 Å². The molecule has 1 aromatic carbocycles. The number of para-hydroxylation sites is 1. The molecule has 0 radical (unpaired) electrons. The number of ether oxygens (including phenoxy) is 1. The molecule has 1 aliphatic carbocycles. The molecular weight excluding hydrogens is 368 g/mol. The third-order valence-corrected chi connectivity index (χ3v) is 5.72. The highest BCUT2D eigenvalue weighted by molar-refractivity contribution is 6.01. The van der Waals surface area contributed by atoms with Crippen molar-refractivity contribution in [2.45, 2.75) is 58.9 Å². The zero-order chi connectivity index (χ0) is 21.1. The number of hydrogen-bond donors (Lipinski definition) is 1. The van der Waals surface area contributed by atoms with Crippen LogP contribution < -0.4 is 10.3 Å². The molecule has 1 N–H and O–H groups in total. The quantitative estimate of drug-likeness (QED) is 0.770. The molecule has 29 heavy (non-hydrogen) atoms. The molecule has 0 saturated heterocycles. The summed E-state index contributed by atoms with van der Waals surface area (Å²) in [4.78, 5) is 25.8. The van der Waals surface area contributed by atoms with Crippen molar-refractivity contribution in [1.82, 2.24) is 4.57 Å². The van der Waals surface area contributed by atoms with E-state index in [2.05, 4.69) is 0 Å². The van der Waals surface area contributed by atoms with E-state index in [-0.39, 0.29) is 35.2 Å². The second-order valence-corrected chi connectivity index (χ2v) is 7.71. The number of nitriles is 1. The number of aryl methyl sites for hydroxylation is 2. The van der Waals surface area contributed by atoms with Crippen molar-refractivity contribution in [3.63, 3.8) is 0 Å². The fourth-order valence-electron chi connectivity index (χ4n) is 4.17. The molecule has 0 atom stereocenters. The summed E-state index contributed by atoms with van der Waals surface area (Å²) in [5.41, 5.74) is 1.40. The molecule has 1 heterocycles. The Labute approximate surface area is 170 Å². The Balaban J connectivity index is 2.00. The highest BCUT2D eigenvalue weighted by Crippen LogP contribution is 2.33. The molecule has 152 valence electrons. The summed E-state index contributed by atoms with van der Waals surface area (Å²) >= 11 is 0. The first-order valence-electron chi connectivity index (χ1n) is 9.97. The van der Waals surface area contributed by atoms with Crippen LogP contribution >= 0.6 is 0 Å². The zero-order valence-electron chi connectivity index (χ0n) is 17.1. The Kier molecular flexibility index (Phi) is 6.07. The van der Waals surface area contributed by atoms with Gasteiger partial charge in [0.25, 0.3) is 5.56 Å². The first kappa shape index (κ1) is 20.7. The van der Waals surface area contributed by atoms with Crippen molar-refractivity contribution in [3.05, 3.63) is 56.4 Å². The van der Waals surface area contributed by atoms with Crippen LogP contribution in [0.4, 0.5) is 0 Å². The van der Waals surface area contributed by atoms with Crippen LogP contribution in [0, 0.1) is 32.1 Å². The molecule has 1 aromatic heterocycles. The summed E-state index contributed by atoms with van der Waals surface area (Å²) in [5.74, 6) is -0.184. The van der Waals surface area contributed by atoms with Gasteiger partial charge in [0, 0.05) is 6.04 Å². The van der Waals surface area contributed by atoms with Gasteiger partial charge in [-0.3, -0.25) is 14.2 Å². The fourth-order valence-corrected chi connectivity index (χ4v) is 4.17. The van der Waals surface area contributed by atoms with E-state index in [4.69, 9.17) is 4.74 Å². The zero-order valence-corrected chi connectivity index (χ0v) is 17.1. The van der Waals surface area contributed by atoms with E-state index in [1.807, 2.05) is 38.1 Å². The molecule has 6 nitrogen and oxygen atoms in total. The van der Waals surface area contributed by atoms with Crippen molar-refractivity contribution in [2.24, 2.45) is 0 Å². The van der Waals surface area contributed by atoms with Crippen LogP contribution in [0.15, 0.2) is 23.0 Å². The Morgan fingerprint density at radius 3 is 2.41 bits per heavy atom. The van der Waals surface area contributed by atoms with Crippen LogP contribution in [0.5, 0.6) is 11.6 Å². The summed E-state index contributed by atoms with van der Waals surface area (Å²) in [5, 5.41) is 20.4. The number of nitrogens with zero attached hydrogens (tertiary/aromatic N) is 2. The van der Waals surface area contributed by atoms with Crippen molar-refractivity contribution in [1.29, 1.82) is 5.26 Å². The number of carbonyl (C=O) groups excluding carboxylic acids is 1. The number of Topliss-reactive ketones (excluding diaryl/α,β-unsaturated/α-hetero) is 1. The molecule has 2 aromatic rings. The summed E-state index contributed by atoms with van der Waals surface area (Å²) < 4.78 is 7.00. The number of ketones is 1. The van der Waals surface area contributed by atoms with E-state index in [1.165, 1.54) is 11.5 Å². The number of hydrogen-bond acceptors (Lipinski definition) is 5. The molecule has 1 saturated carbocycles. The van der Waals surface area contributed by atoms with Gasteiger partial charge >= 0.3 is 0 Å². The van der Waals surface area contributed by atoms with Gasteiger partial charge in [0.15, 0.2) is 6.61 Å². The normalized spacial score (nSPS) is 14.4. The molecule has 0 unspecified atom stereocenters. The van der Waals surface area contributed by atoms with Crippen molar-refractivity contribution in [2.75, 3.05) is 6.61 Å². The number of aromatic nitrogens is 1. The standard InChI is InChI=1S/C23H26N2O4/c1-14-8-7-9-15(2)21(14)29-13-19(26)20-16(3)18(12-24)22(27)25(23(20)28)17-10-5-4-6-11-17/h7-9,17,28H,4-6,10-11,13H2,1-3H3. The number of rotatable bonds is 5. The van der Waals surface area contributed by atoms with Gasteiger partial charge in [-0.2, -0.15) is 5.26 Å². The molecule has 0 amide bonds. The van der Waals surface area contributed by atoms with E-state index in [0.29, 0.717) is 5.75 Å². The Bertz CT molecular complexity index is 1020. The third-order valence-electron chi connectivity index (χ3n) is 5.72. The average molecular weight is 394 g/mol. The fraction of sp³-hybridized carbons (Fsp3) is 0.435. The van der Waals surface area contributed by atoms with E-state index >= 15 is 0 Å². The van der Waals surface area contributed by atoms with Gasteiger partial charge in [-0.15, -0.1) is 0 Å². The second-order valence-electron chi connectivity index (χ2n) is 7.71. The lowest BCUT2D eigenvalue weighted by Gasteiger charge is -2.26. The second kappa shape index (κ2) is 8.52.